The van der Waals surface area contributed by atoms with Crippen LogP contribution in [0.2, 0.25) is 5.02 Å². The highest BCUT2D eigenvalue weighted by atomic mass is 35.5. The van der Waals surface area contributed by atoms with Gasteiger partial charge in [0.25, 0.3) is 0 Å². The van der Waals surface area contributed by atoms with Gasteiger partial charge in [0.15, 0.2) is 0 Å². The summed E-state index contributed by atoms with van der Waals surface area (Å²) in [7, 11) is 0. The molecule has 4 rings (SSSR count). The first-order valence-corrected chi connectivity index (χ1v) is 11.2. The molecule has 1 aromatic heterocycles. The molecule has 2 aromatic rings. The number of hydrogen-bond acceptors (Lipinski definition) is 5. The van der Waals surface area contributed by atoms with Gasteiger partial charge in [-0.15, -0.1) is 0 Å². The van der Waals surface area contributed by atoms with Crippen LogP contribution in [0.1, 0.15) is 38.7 Å². The van der Waals surface area contributed by atoms with E-state index in [9.17, 15) is 14.0 Å². The number of nitrogens with zero attached hydrogens (tertiary/aromatic N) is 4. The van der Waals surface area contributed by atoms with Gasteiger partial charge in [0.05, 0.1) is 18.3 Å². The van der Waals surface area contributed by atoms with E-state index in [0.717, 1.165) is 18.4 Å². The van der Waals surface area contributed by atoms with E-state index in [2.05, 4.69) is 15.4 Å². The maximum absolute atomic E-state index is 14.3. The van der Waals surface area contributed by atoms with E-state index in [1.165, 1.54) is 11.2 Å². The minimum atomic E-state index is -1.26. The van der Waals surface area contributed by atoms with Gasteiger partial charge in [0.1, 0.15) is 24.9 Å². The predicted molar refractivity (Wildman–Crippen MR) is 118 cm³/mol. The molecule has 3 N–H and O–H groups in total. The number of carbonyl (C=O) groups excluding carboxylic acids is 2. The Hall–Kier alpha value is -2.52. The molecule has 1 aromatic carbocycles. The van der Waals surface area contributed by atoms with Crippen molar-refractivity contribution in [2.75, 3.05) is 6.54 Å². The Kier molecular flexibility index (Phi) is 6.22. The number of carbonyl (C=O) groups is 2. The molecule has 2 heterocycles. The normalized spacial score (nSPS) is 22.1. The van der Waals surface area contributed by atoms with Crippen LogP contribution in [0.25, 0.3) is 5.69 Å². The van der Waals surface area contributed by atoms with E-state index < -0.39 is 24.2 Å². The molecule has 0 radical (unpaired) electrons. The van der Waals surface area contributed by atoms with E-state index in [1.807, 2.05) is 13.8 Å². The number of aromatic nitrogens is 3. The number of nitrogens with one attached hydrogen (secondary N) is 1. The zero-order chi connectivity index (χ0) is 23.0. The van der Waals surface area contributed by atoms with Crippen LogP contribution in [0, 0.1) is 11.3 Å². The van der Waals surface area contributed by atoms with Crippen molar-refractivity contribution in [2.24, 2.45) is 17.1 Å². The minimum Gasteiger partial charge on any atom is -0.350 e. The molecule has 1 aliphatic carbocycles. The lowest BCUT2D eigenvalue weighted by atomic mass is 9.79. The fourth-order valence-corrected chi connectivity index (χ4v) is 4.60. The molecule has 1 aliphatic heterocycles. The molecule has 2 amide bonds. The molecule has 1 saturated heterocycles. The maximum Gasteiger partial charge on any atom is 0.243 e. The summed E-state index contributed by atoms with van der Waals surface area (Å²) in [6.07, 6.45) is 3.73. The molecule has 1 saturated carbocycles. The van der Waals surface area contributed by atoms with Crippen LogP contribution in [0.5, 0.6) is 0 Å². The lowest BCUT2D eigenvalue weighted by molar-refractivity contribution is -0.141. The standard InChI is InChI=1S/C22H28ClFN6O2/c1-22(2,14-3-4-14)19(25)21(32)29-10-16(24)8-18(29)20(31)27-9-13-7-15(23)5-6-17(13)30-12-26-11-28-30/h5-7,11-12,14,16,18-19H,3-4,8-10,25H2,1-2H3,(H,27,31)/t16-,18+,19+/m1/s1. The van der Waals surface area contributed by atoms with E-state index in [4.69, 9.17) is 17.3 Å². The van der Waals surface area contributed by atoms with Crippen molar-refractivity contribution >= 4 is 23.4 Å². The van der Waals surface area contributed by atoms with Crippen molar-refractivity contribution in [3.63, 3.8) is 0 Å². The summed E-state index contributed by atoms with van der Waals surface area (Å²) in [5.41, 5.74) is 7.34. The van der Waals surface area contributed by atoms with Gasteiger partial charge in [-0.25, -0.2) is 14.1 Å². The number of amides is 2. The topological polar surface area (TPSA) is 106 Å². The molecular formula is C22H28ClFN6O2. The van der Waals surface area contributed by atoms with Gasteiger partial charge >= 0.3 is 0 Å². The summed E-state index contributed by atoms with van der Waals surface area (Å²) < 4.78 is 15.9. The summed E-state index contributed by atoms with van der Waals surface area (Å²) in [6, 6.07) is 3.55. The fourth-order valence-electron chi connectivity index (χ4n) is 4.41. The molecule has 2 fully saturated rings. The lowest BCUT2D eigenvalue weighted by Crippen LogP contribution is -2.56. The van der Waals surface area contributed by atoms with Crippen molar-refractivity contribution in [2.45, 2.75) is 57.9 Å². The number of likely N-dealkylation sites (tertiary alicyclic amines) is 1. The first kappa shape index (κ1) is 22.7. The SMILES string of the molecule is CC(C)(C1CC1)[C@@H](N)C(=O)N1C[C@H](F)C[C@H]1C(=O)NCc1cc(Cl)ccc1-n1cncn1. The number of benzene rings is 1. The highest BCUT2D eigenvalue weighted by molar-refractivity contribution is 6.30. The monoisotopic (exact) mass is 462 g/mol. The third-order valence-electron chi connectivity index (χ3n) is 6.69. The first-order chi connectivity index (χ1) is 15.2. The molecule has 8 nitrogen and oxygen atoms in total. The fraction of sp³-hybridized carbons (Fsp3) is 0.545. The molecule has 0 spiro atoms. The largest absolute Gasteiger partial charge is 0.350 e. The van der Waals surface area contributed by atoms with Crippen LogP contribution in [0.15, 0.2) is 30.9 Å². The van der Waals surface area contributed by atoms with E-state index in [1.54, 1.807) is 29.2 Å². The molecule has 10 heteroatoms. The van der Waals surface area contributed by atoms with Crippen molar-refractivity contribution in [3.8, 4) is 5.69 Å². The van der Waals surface area contributed by atoms with Gasteiger partial charge < -0.3 is 16.0 Å². The summed E-state index contributed by atoms with van der Waals surface area (Å²) in [4.78, 5) is 31.4. The molecule has 32 heavy (non-hydrogen) atoms. The first-order valence-electron chi connectivity index (χ1n) is 10.8. The molecule has 172 valence electrons. The lowest BCUT2D eigenvalue weighted by Gasteiger charge is -2.35. The third kappa shape index (κ3) is 4.49. The van der Waals surface area contributed by atoms with Gasteiger partial charge in [0.2, 0.25) is 11.8 Å². The summed E-state index contributed by atoms with van der Waals surface area (Å²) in [6.45, 7) is 3.96. The van der Waals surface area contributed by atoms with Crippen molar-refractivity contribution in [1.82, 2.24) is 25.0 Å². The van der Waals surface area contributed by atoms with Gasteiger partial charge in [0, 0.05) is 18.0 Å². The van der Waals surface area contributed by atoms with E-state index >= 15 is 0 Å². The van der Waals surface area contributed by atoms with Crippen LogP contribution in [-0.2, 0) is 16.1 Å². The summed E-state index contributed by atoms with van der Waals surface area (Å²) in [5.74, 6) is -0.400. The highest BCUT2D eigenvalue weighted by Crippen LogP contribution is 2.47. The number of nitrogens with two attached hydrogens (primary N) is 1. The Morgan fingerprint density at radius 2 is 2.12 bits per heavy atom. The van der Waals surface area contributed by atoms with Crippen LogP contribution < -0.4 is 11.1 Å². The van der Waals surface area contributed by atoms with Crippen molar-refractivity contribution in [1.29, 1.82) is 0 Å². The number of alkyl halides is 1. The Bertz CT molecular complexity index is 994. The summed E-state index contributed by atoms with van der Waals surface area (Å²) in [5, 5.41) is 7.46. The van der Waals surface area contributed by atoms with Crippen LogP contribution >= 0.6 is 11.6 Å². The van der Waals surface area contributed by atoms with Crippen LogP contribution in [-0.4, -0.2) is 56.3 Å². The third-order valence-corrected chi connectivity index (χ3v) is 6.93. The molecule has 3 atom stereocenters. The van der Waals surface area contributed by atoms with Gasteiger partial charge in [-0.2, -0.15) is 5.10 Å². The Morgan fingerprint density at radius 1 is 1.38 bits per heavy atom. The zero-order valence-corrected chi connectivity index (χ0v) is 18.9. The Morgan fingerprint density at radius 3 is 2.78 bits per heavy atom. The molecular weight excluding hydrogens is 435 g/mol. The molecule has 2 aliphatic rings. The quantitative estimate of drug-likeness (QED) is 0.656. The van der Waals surface area contributed by atoms with Gasteiger partial charge in [-0.05, 0) is 47.9 Å². The Labute approximate surface area is 191 Å². The zero-order valence-electron chi connectivity index (χ0n) is 18.2. The average Bonchev–Trinajstić information content (AvgIpc) is 3.36. The van der Waals surface area contributed by atoms with E-state index in [-0.39, 0.29) is 30.8 Å². The maximum atomic E-state index is 14.3. The summed E-state index contributed by atoms with van der Waals surface area (Å²) >= 11 is 6.14. The predicted octanol–water partition coefficient (Wildman–Crippen LogP) is 2.24. The number of rotatable bonds is 7. The molecule has 0 unspecified atom stereocenters. The Balaban J connectivity index is 1.47. The van der Waals surface area contributed by atoms with Crippen LogP contribution in [0.3, 0.4) is 0 Å². The van der Waals surface area contributed by atoms with Crippen LogP contribution in [0.4, 0.5) is 4.39 Å². The number of halogens is 2. The number of hydrogen-bond donors (Lipinski definition) is 2. The second-order valence-corrected chi connectivity index (χ2v) is 9.68. The smallest absolute Gasteiger partial charge is 0.243 e. The molecule has 0 bridgehead atoms. The van der Waals surface area contributed by atoms with Crippen molar-refractivity contribution in [3.05, 3.63) is 41.4 Å². The van der Waals surface area contributed by atoms with Gasteiger partial charge in [-0.3, -0.25) is 9.59 Å². The average molecular weight is 463 g/mol. The second kappa shape index (κ2) is 8.78. The second-order valence-electron chi connectivity index (χ2n) is 9.24. The van der Waals surface area contributed by atoms with E-state index in [0.29, 0.717) is 16.6 Å². The highest BCUT2D eigenvalue weighted by Gasteiger charge is 2.49. The minimum absolute atomic E-state index is 0.0420. The van der Waals surface area contributed by atoms with Crippen molar-refractivity contribution < 1.29 is 14.0 Å². The van der Waals surface area contributed by atoms with Gasteiger partial charge in [-0.1, -0.05) is 25.4 Å².